The van der Waals surface area contributed by atoms with Crippen LogP contribution < -0.4 is 0 Å². The van der Waals surface area contributed by atoms with Gasteiger partial charge in [0.25, 0.3) is 0 Å². The first-order valence-corrected chi connectivity index (χ1v) is 7.35. The van der Waals surface area contributed by atoms with Gasteiger partial charge in [0.1, 0.15) is 0 Å². The summed E-state index contributed by atoms with van der Waals surface area (Å²) in [6.07, 6.45) is 1.60. The summed E-state index contributed by atoms with van der Waals surface area (Å²) in [6, 6.07) is 2.61. The van der Waals surface area contributed by atoms with Crippen molar-refractivity contribution in [2.75, 3.05) is 13.0 Å². The Hall–Kier alpha value is -1.14. The normalized spacial score (nSPS) is 13.1. The van der Waals surface area contributed by atoms with Crippen molar-refractivity contribution in [3.05, 3.63) is 23.9 Å². The second kappa shape index (κ2) is 6.15. The van der Waals surface area contributed by atoms with Gasteiger partial charge in [-0.2, -0.15) is 0 Å². The average Bonchev–Trinajstić information content (AvgIpc) is 2.38. The smallest absolute Gasteiger partial charge is 0.338 e. The number of esters is 1. The van der Waals surface area contributed by atoms with Gasteiger partial charge in [0, 0.05) is 12.1 Å². The van der Waals surface area contributed by atoms with Crippen molar-refractivity contribution >= 4 is 27.4 Å². The van der Waals surface area contributed by atoms with E-state index in [0.29, 0.717) is 6.42 Å². The molecule has 0 fully saturated rings. The highest BCUT2D eigenvalue weighted by Gasteiger charge is 2.25. The number of ether oxygens (including phenoxy) is 1. The van der Waals surface area contributed by atoms with Crippen molar-refractivity contribution in [1.29, 1.82) is 0 Å². The number of hydrogen-bond acceptors (Lipinski definition) is 5. The minimum absolute atomic E-state index is 0.136. The van der Waals surface area contributed by atoms with Crippen LogP contribution in [0.4, 0.5) is 0 Å². The van der Waals surface area contributed by atoms with Gasteiger partial charge >= 0.3 is 5.97 Å². The van der Waals surface area contributed by atoms with Crippen molar-refractivity contribution in [2.45, 2.75) is 23.6 Å². The minimum Gasteiger partial charge on any atom is -0.465 e. The van der Waals surface area contributed by atoms with Crippen molar-refractivity contribution < 1.29 is 17.9 Å². The molecule has 0 saturated heterocycles. The minimum atomic E-state index is -3.57. The molecule has 1 heterocycles. The summed E-state index contributed by atoms with van der Waals surface area (Å²) < 4.78 is 28.8. The summed E-state index contributed by atoms with van der Waals surface area (Å²) in [6.45, 7) is 1.56. The first kappa shape index (κ1) is 14.9. The number of nitrogens with zero attached hydrogens (tertiary/aromatic N) is 1. The fraction of sp³-hybridized carbons (Fsp3) is 0.455. The van der Waals surface area contributed by atoms with Crippen LogP contribution in [0.25, 0.3) is 0 Å². The molecule has 0 amide bonds. The van der Waals surface area contributed by atoms with Gasteiger partial charge in [-0.05, 0) is 25.5 Å². The molecule has 0 aromatic carbocycles. The lowest BCUT2D eigenvalue weighted by Crippen LogP contribution is -2.20. The van der Waals surface area contributed by atoms with Crippen LogP contribution in [-0.2, 0) is 14.6 Å². The zero-order valence-electron chi connectivity index (χ0n) is 10.1. The Morgan fingerprint density at radius 2 is 2.22 bits per heavy atom. The van der Waals surface area contributed by atoms with E-state index in [1.807, 2.05) is 0 Å². The number of methoxy groups -OCH3 is 1. The number of hydrogen-bond donors (Lipinski definition) is 0. The number of aromatic nitrogens is 1. The molecule has 0 aliphatic rings. The lowest BCUT2D eigenvalue weighted by molar-refractivity contribution is 0.0600. The maximum absolute atomic E-state index is 12.1. The second-order valence-corrected chi connectivity index (χ2v) is 6.40. The van der Waals surface area contributed by atoms with Crippen LogP contribution in [0.1, 0.15) is 23.7 Å². The summed E-state index contributed by atoms with van der Waals surface area (Å²) >= 11 is 5.54. The predicted octanol–water partition coefficient (Wildman–Crippen LogP) is 1.66. The quantitative estimate of drug-likeness (QED) is 0.609. The zero-order valence-corrected chi connectivity index (χ0v) is 11.7. The number of pyridine rings is 1. The monoisotopic (exact) mass is 291 g/mol. The molecule has 0 radical (unpaired) electrons. The van der Waals surface area contributed by atoms with Gasteiger partial charge in [0.05, 0.1) is 17.9 Å². The van der Waals surface area contributed by atoms with Gasteiger partial charge in [-0.25, -0.2) is 18.2 Å². The molecule has 5 nitrogen and oxygen atoms in total. The Morgan fingerprint density at radius 1 is 1.56 bits per heavy atom. The van der Waals surface area contributed by atoms with Gasteiger partial charge in [0.2, 0.25) is 0 Å². The first-order chi connectivity index (χ1) is 8.43. The standard InChI is InChI=1S/C11H14ClNO4S/c1-8(3-5-12)18(15,16)10-7-9(4-6-13-10)11(14)17-2/h4,6-8H,3,5H2,1-2H3. The van der Waals surface area contributed by atoms with E-state index in [1.165, 1.54) is 25.4 Å². The van der Waals surface area contributed by atoms with Gasteiger partial charge in [-0.15, -0.1) is 11.6 Å². The molecule has 18 heavy (non-hydrogen) atoms. The van der Waals surface area contributed by atoms with Gasteiger partial charge in [0.15, 0.2) is 14.9 Å². The SMILES string of the molecule is COC(=O)c1ccnc(S(=O)(=O)C(C)CCCl)c1. The van der Waals surface area contributed by atoms with E-state index in [9.17, 15) is 13.2 Å². The number of carbonyl (C=O) groups excluding carboxylic acids is 1. The molecule has 1 unspecified atom stereocenters. The molecule has 1 rings (SSSR count). The van der Waals surface area contributed by atoms with Crippen LogP contribution in [-0.4, -0.2) is 37.6 Å². The molecule has 100 valence electrons. The molecule has 0 saturated carbocycles. The Balaban J connectivity index is 3.14. The predicted molar refractivity (Wildman–Crippen MR) is 67.6 cm³/mol. The van der Waals surface area contributed by atoms with Crippen LogP contribution in [0.15, 0.2) is 23.4 Å². The summed E-state index contributed by atoms with van der Waals surface area (Å²) in [5.41, 5.74) is 0.157. The zero-order chi connectivity index (χ0) is 13.8. The highest BCUT2D eigenvalue weighted by Crippen LogP contribution is 2.17. The van der Waals surface area contributed by atoms with E-state index in [0.717, 1.165) is 0 Å². The van der Waals surface area contributed by atoms with Crippen LogP contribution in [0, 0.1) is 0 Å². The van der Waals surface area contributed by atoms with Crippen molar-refractivity contribution in [3.63, 3.8) is 0 Å². The lowest BCUT2D eigenvalue weighted by Gasteiger charge is -2.11. The second-order valence-electron chi connectivity index (χ2n) is 3.71. The van der Waals surface area contributed by atoms with Crippen LogP contribution in [0.3, 0.4) is 0 Å². The van der Waals surface area contributed by atoms with Crippen LogP contribution in [0.2, 0.25) is 0 Å². The Kier molecular flexibility index (Phi) is 5.10. The van der Waals surface area contributed by atoms with Crippen molar-refractivity contribution in [2.24, 2.45) is 0 Å². The molecule has 1 aromatic heterocycles. The number of halogens is 1. The Morgan fingerprint density at radius 3 is 2.78 bits per heavy atom. The Bertz CT molecular complexity index is 530. The maximum atomic E-state index is 12.1. The molecule has 1 atom stereocenters. The van der Waals surface area contributed by atoms with Crippen LogP contribution >= 0.6 is 11.6 Å². The number of sulfone groups is 1. The third-order valence-electron chi connectivity index (χ3n) is 2.49. The number of carbonyl (C=O) groups is 1. The molecular weight excluding hydrogens is 278 g/mol. The molecule has 0 bridgehead atoms. The van der Waals surface area contributed by atoms with E-state index in [1.54, 1.807) is 6.92 Å². The topological polar surface area (TPSA) is 73.3 Å². The number of rotatable bonds is 5. The van der Waals surface area contributed by atoms with E-state index in [-0.39, 0.29) is 16.5 Å². The van der Waals surface area contributed by atoms with Gasteiger partial charge in [-0.3, -0.25) is 0 Å². The van der Waals surface area contributed by atoms with E-state index in [4.69, 9.17) is 11.6 Å². The van der Waals surface area contributed by atoms with E-state index < -0.39 is 21.1 Å². The van der Waals surface area contributed by atoms with Gasteiger partial charge < -0.3 is 4.74 Å². The average molecular weight is 292 g/mol. The fourth-order valence-corrected chi connectivity index (χ4v) is 3.12. The third kappa shape index (κ3) is 3.20. The summed E-state index contributed by atoms with van der Waals surface area (Å²) in [4.78, 5) is 15.1. The molecule has 7 heteroatoms. The largest absolute Gasteiger partial charge is 0.465 e. The summed E-state index contributed by atoms with van der Waals surface area (Å²) in [5.74, 6) is -0.351. The molecule has 0 aliphatic heterocycles. The first-order valence-electron chi connectivity index (χ1n) is 5.27. The highest BCUT2D eigenvalue weighted by molar-refractivity contribution is 7.92. The molecule has 0 N–H and O–H groups in total. The number of alkyl halides is 1. The van der Waals surface area contributed by atoms with E-state index in [2.05, 4.69) is 9.72 Å². The molecule has 0 aliphatic carbocycles. The molecular formula is C11H14ClNO4S. The molecule has 0 spiro atoms. The fourth-order valence-electron chi connectivity index (χ4n) is 1.32. The van der Waals surface area contributed by atoms with Gasteiger partial charge in [-0.1, -0.05) is 0 Å². The molecule has 1 aromatic rings. The van der Waals surface area contributed by atoms with Crippen molar-refractivity contribution in [3.8, 4) is 0 Å². The van der Waals surface area contributed by atoms with Crippen LogP contribution in [0.5, 0.6) is 0 Å². The lowest BCUT2D eigenvalue weighted by atomic mass is 10.3. The summed E-state index contributed by atoms with van der Waals surface area (Å²) in [7, 11) is -2.34. The van der Waals surface area contributed by atoms with Crippen molar-refractivity contribution in [1.82, 2.24) is 4.98 Å². The maximum Gasteiger partial charge on any atom is 0.338 e. The van der Waals surface area contributed by atoms with E-state index >= 15 is 0 Å². The summed E-state index contributed by atoms with van der Waals surface area (Å²) in [5, 5.41) is -0.779. The Labute approximate surface area is 111 Å². The third-order valence-corrected chi connectivity index (χ3v) is 4.81. The highest BCUT2D eigenvalue weighted by atomic mass is 35.5.